The summed E-state index contributed by atoms with van der Waals surface area (Å²) in [4.78, 5) is 11.8. The third-order valence-electron chi connectivity index (χ3n) is 3.22. The number of aromatic nitrogens is 3. The van der Waals surface area contributed by atoms with Crippen LogP contribution in [0.25, 0.3) is 22.0 Å². The normalized spacial score (nSPS) is 10.8. The summed E-state index contributed by atoms with van der Waals surface area (Å²) in [6.45, 7) is 3.91. The Bertz CT molecular complexity index is 816. The molecule has 3 nitrogen and oxygen atoms in total. The van der Waals surface area contributed by atoms with E-state index in [-0.39, 0.29) is 0 Å². The van der Waals surface area contributed by atoms with E-state index in [1.54, 1.807) is 6.20 Å². The van der Waals surface area contributed by atoms with Gasteiger partial charge in [0.25, 0.3) is 0 Å². The Balaban J connectivity index is 2.40. The van der Waals surface area contributed by atoms with Crippen molar-refractivity contribution in [2.75, 3.05) is 0 Å². The van der Waals surface area contributed by atoms with E-state index < -0.39 is 0 Å². The smallest absolute Gasteiger partial charge is 0.133 e. The highest BCUT2D eigenvalue weighted by molar-refractivity contribution is 7.71. The number of nitrogens with one attached hydrogen (secondary N) is 1. The molecule has 19 heavy (non-hydrogen) atoms. The van der Waals surface area contributed by atoms with E-state index in [0.717, 1.165) is 28.0 Å². The first-order valence-electron chi connectivity index (χ1n) is 6.07. The van der Waals surface area contributed by atoms with E-state index in [1.807, 2.05) is 32.2 Å². The van der Waals surface area contributed by atoms with Crippen LogP contribution >= 0.6 is 12.2 Å². The van der Waals surface area contributed by atoms with Crippen molar-refractivity contribution in [2.24, 2.45) is 0 Å². The molecule has 2 aromatic heterocycles. The molecule has 1 N–H and O–H groups in total. The number of aryl methyl sites for hydroxylation is 1. The van der Waals surface area contributed by atoms with Gasteiger partial charge in [-0.3, -0.25) is 4.98 Å². The Morgan fingerprint density at radius 1 is 1.16 bits per heavy atom. The molecule has 0 saturated carbocycles. The van der Waals surface area contributed by atoms with Crippen molar-refractivity contribution < 1.29 is 0 Å². The fourth-order valence-corrected chi connectivity index (χ4v) is 2.49. The molecule has 0 aliphatic rings. The van der Waals surface area contributed by atoms with Gasteiger partial charge >= 0.3 is 0 Å². The van der Waals surface area contributed by atoms with Gasteiger partial charge in [-0.15, -0.1) is 0 Å². The zero-order valence-electron chi connectivity index (χ0n) is 10.8. The van der Waals surface area contributed by atoms with Crippen molar-refractivity contribution in [1.29, 1.82) is 0 Å². The zero-order valence-corrected chi connectivity index (χ0v) is 11.6. The molecule has 2 heterocycles. The Labute approximate surface area is 116 Å². The molecule has 94 valence electrons. The van der Waals surface area contributed by atoms with Gasteiger partial charge in [0.05, 0.1) is 5.69 Å². The fourth-order valence-electron chi connectivity index (χ4n) is 2.25. The molecule has 0 unspecified atom stereocenters. The summed E-state index contributed by atoms with van der Waals surface area (Å²) in [7, 11) is 0. The van der Waals surface area contributed by atoms with Gasteiger partial charge in [0.15, 0.2) is 0 Å². The Hall–Kier alpha value is -2.07. The molecule has 0 amide bonds. The number of benzene rings is 1. The van der Waals surface area contributed by atoms with E-state index in [0.29, 0.717) is 4.64 Å². The number of pyridine rings is 1. The molecular formula is C15H13N3S. The zero-order chi connectivity index (χ0) is 13.4. The highest BCUT2D eigenvalue weighted by atomic mass is 32.1. The van der Waals surface area contributed by atoms with Crippen LogP contribution in [0.15, 0.2) is 36.7 Å². The summed E-state index contributed by atoms with van der Waals surface area (Å²) in [6, 6.07) is 8.22. The van der Waals surface area contributed by atoms with Crippen LogP contribution in [0.2, 0.25) is 0 Å². The SMILES string of the molecule is Cc1nc(=S)c(C)c(-c2cccc3ccncc23)[nH]1. The number of nitrogens with zero attached hydrogens (tertiary/aromatic N) is 2. The largest absolute Gasteiger partial charge is 0.343 e. The molecule has 0 spiro atoms. The predicted octanol–water partition coefficient (Wildman–Crippen LogP) is 3.97. The molecule has 0 atom stereocenters. The molecule has 3 aromatic rings. The molecule has 0 fully saturated rings. The van der Waals surface area contributed by atoms with Gasteiger partial charge in [-0.2, -0.15) is 0 Å². The maximum absolute atomic E-state index is 5.30. The molecular weight excluding hydrogens is 254 g/mol. The van der Waals surface area contributed by atoms with Gasteiger partial charge in [0, 0.05) is 28.9 Å². The summed E-state index contributed by atoms with van der Waals surface area (Å²) >= 11 is 5.30. The molecule has 0 aliphatic carbocycles. The van der Waals surface area contributed by atoms with Gasteiger partial charge in [0.1, 0.15) is 10.5 Å². The number of rotatable bonds is 1. The van der Waals surface area contributed by atoms with Crippen LogP contribution in [0.1, 0.15) is 11.4 Å². The predicted molar refractivity (Wildman–Crippen MR) is 79.6 cm³/mol. The lowest BCUT2D eigenvalue weighted by Gasteiger charge is -2.10. The van der Waals surface area contributed by atoms with Crippen LogP contribution in [-0.2, 0) is 0 Å². The van der Waals surface area contributed by atoms with Gasteiger partial charge in [-0.1, -0.05) is 30.4 Å². The summed E-state index contributed by atoms with van der Waals surface area (Å²) < 4.78 is 0.646. The monoisotopic (exact) mass is 267 g/mol. The van der Waals surface area contributed by atoms with Crippen LogP contribution in [0, 0.1) is 18.5 Å². The minimum absolute atomic E-state index is 0.646. The van der Waals surface area contributed by atoms with E-state index in [9.17, 15) is 0 Å². The second kappa shape index (κ2) is 4.55. The number of aromatic amines is 1. The first-order chi connectivity index (χ1) is 9.16. The van der Waals surface area contributed by atoms with E-state index >= 15 is 0 Å². The topological polar surface area (TPSA) is 41.6 Å². The molecule has 0 saturated heterocycles. The summed E-state index contributed by atoms with van der Waals surface area (Å²) in [6.07, 6.45) is 3.69. The number of hydrogen-bond donors (Lipinski definition) is 1. The summed E-state index contributed by atoms with van der Waals surface area (Å²) in [5, 5.41) is 2.28. The second-order valence-corrected chi connectivity index (χ2v) is 4.92. The van der Waals surface area contributed by atoms with Crippen LogP contribution in [0.5, 0.6) is 0 Å². The van der Waals surface area contributed by atoms with E-state index in [4.69, 9.17) is 12.2 Å². The second-order valence-electron chi connectivity index (χ2n) is 4.53. The van der Waals surface area contributed by atoms with Gasteiger partial charge in [-0.05, 0) is 25.3 Å². The Morgan fingerprint density at radius 3 is 2.84 bits per heavy atom. The number of hydrogen-bond acceptors (Lipinski definition) is 3. The molecule has 0 radical (unpaired) electrons. The molecule has 0 bridgehead atoms. The first kappa shape index (κ1) is 12.0. The minimum Gasteiger partial charge on any atom is -0.343 e. The quantitative estimate of drug-likeness (QED) is 0.678. The van der Waals surface area contributed by atoms with Crippen LogP contribution in [-0.4, -0.2) is 15.0 Å². The third kappa shape index (κ3) is 2.04. The lowest BCUT2D eigenvalue weighted by atomic mass is 10.0. The van der Waals surface area contributed by atoms with Crippen molar-refractivity contribution >= 4 is 23.0 Å². The molecule has 4 heteroatoms. The van der Waals surface area contributed by atoms with Crippen LogP contribution < -0.4 is 0 Å². The van der Waals surface area contributed by atoms with Crippen molar-refractivity contribution in [3.05, 3.63) is 52.7 Å². The van der Waals surface area contributed by atoms with Crippen molar-refractivity contribution in [2.45, 2.75) is 13.8 Å². The van der Waals surface area contributed by atoms with Gasteiger partial charge < -0.3 is 4.98 Å². The van der Waals surface area contributed by atoms with Crippen LogP contribution in [0.4, 0.5) is 0 Å². The fraction of sp³-hybridized carbons (Fsp3) is 0.133. The molecule has 0 aliphatic heterocycles. The van der Waals surface area contributed by atoms with Crippen molar-refractivity contribution in [3.8, 4) is 11.3 Å². The molecule has 1 aromatic carbocycles. The molecule has 3 rings (SSSR count). The van der Waals surface area contributed by atoms with E-state index in [1.165, 1.54) is 5.39 Å². The average Bonchev–Trinajstić information content (AvgIpc) is 2.42. The third-order valence-corrected chi connectivity index (χ3v) is 3.62. The summed E-state index contributed by atoms with van der Waals surface area (Å²) in [5.74, 6) is 0.825. The maximum atomic E-state index is 5.30. The number of H-pyrrole nitrogens is 1. The average molecular weight is 267 g/mol. The lowest BCUT2D eigenvalue weighted by Crippen LogP contribution is -1.97. The standard InChI is InChI=1S/C15H13N3S/c1-9-14(17-10(2)18-15(9)19)12-5-3-4-11-6-7-16-8-13(11)12/h3-8H,1-2H3,(H,17,18,19). The maximum Gasteiger partial charge on any atom is 0.133 e. The Morgan fingerprint density at radius 2 is 2.00 bits per heavy atom. The Kier molecular flexibility index (Phi) is 2.87. The van der Waals surface area contributed by atoms with Gasteiger partial charge in [-0.25, -0.2) is 4.98 Å². The summed E-state index contributed by atoms with van der Waals surface area (Å²) in [5.41, 5.74) is 3.13. The highest BCUT2D eigenvalue weighted by Crippen LogP contribution is 2.28. The van der Waals surface area contributed by atoms with Gasteiger partial charge in [0.2, 0.25) is 0 Å². The van der Waals surface area contributed by atoms with E-state index in [2.05, 4.69) is 27.1 Å². The van der Waals surface area contributed by atoms with Crippen molar-refractivity contribution in [1.82, 2.24) is 15.0 Å². The lowest BCUT2D eigenvalue weighted by molar-refractivity contribution is 1.02. The minimum atomic E-state index is 0.646. The van der Waals surface area contributed by atoms with Crippen molar-refractivity contribution in [3.63, 3.8) is 0 Å². The number of fused-ring (bicyclic) bond motifs is 1. The van der Waals surface area contributed by atoms with Crippen LogP contribution in [0.3, 0.4) is 0 Å². The highest BCUT2D eigenvalue weighted by Gasteiger charge is 2.09. The first-order valence-corrected chi connectivity index (χ1v) is 6.48.